The SMILES string of the molecule is Cc1cc(C(C)(C)C)n(C2CCN(C(C)C)CC2)n1. The second kappa shape index (κ2) is 5.28. The van der Waals surface area contributed by atoms with Crippen molar-refractivity contribution in [2.75, 3.05) is 13.1 Å². The first-order chi connectivity index (χ1) is 8.79. The standard InChI is InChI=1S/C16H29N3/c1-12(2)18-9-7-14(8-10-18)19-15(16(4,5)6)11-13(3)17-19/h11-12,14H,7-10H2,1-6H3. The van der Waals surface area contributed by atoms with Crippen molar-refractivity contribution in [3.63, 3.8) is 0 Å². The predicted octanol–water partition coefficient (Wildman–Crippen LogP) is 3.53. The van der Waals surface area contributed by atoms with E-state index in [2.05, 4.69) is 57.2 Å². The molecule has 0 aliphatic carbocycles. The third kappa shape index (κ3) is 3.19. The highest BCUT2D eigenvalue weighted by atomic mass is 15.3. The second-order valence-electron chi connectivity index (χ2n) is 7.23. The number of rotatable bonds is 2. The van der Waals surface area contributed by atoms with Crippen molar-refractivity contribution in [3.8, 4) is 0 Å². The molecule has 0 atom stereocenters. The van der Waals surface area contributed by atoms with E-state index in [4.69, 9.17) is 5.10 Å². The van der Waals surface area contributed by atoms with Crippen molar-refractivity contribution in [3.05, 3.63) is 17.5 Å². The van der Waals surface area contributed by atoms with E-state index >= 15 is 0 Å². The second-order valence-corrected chi connectivity index (χ2v) is 7.23. The highest BCUT2D eigenvalue weighted by molar-refractivity contribution is 5.18. The number of nitrogens with zero attached hydrogens (tertiary/aromatic N) is 3. The van der Waals surface area contributed by atoms with Gasteiger partial charge in [0.05, 0.1) is 11.7 Å². The minimum atomic E-state index is 0.177. The lowest BCUT2D eigenvalue weighted by atomic mass is 9.91. The van der Waals surface area contributed by atoms with Crippen LogP contribution in [0.2, 0.25) is 0 Å². The molecule has 0 unspecified atom stereocenters. The molecule has 0 bridgehead atoms. The Morgan fingerprint density at radius 2 is 1.79 bits per heavy atom. The summed E-state index contributed by atoms with van der Waals surface area (Å²) in [4.78, 5) is 2.57. The summed E-state index contributed by atoms with van der Waals surface area (Å²) >= 11 is 0. The Hall–Kier alpha value is -0.830. The fourth-order valence-corrected chi connectivity index (χ4v) is 3.00. The van der Waals surface area contributed by atoms with Gasteiger partial charge in [-0.25, -0.2) is 0 Å². The van der Waals surface area contributed by atoms with E-state index in [9.17, 15) is 0 Å². The predicted molar refractivity (Wildman–Crippen MR) is 80.6 cm³/mol. The van der Waals surface area contributed by atoms with Gasteiger partial charge in [-0.05, 0) is 39.7 Å². The molecule has 0 radical (unpaired) electrons. The lowest BCUT2D eigenvalue weighted by Gasteiger charge is -2.36. The van der Waals surface area contributed by atoms with Gasteiger partial charge in [0.1, 0.15) is 0 Å². The smallest absolute Gasteiger partial charge is 0.0596 e. The van der Waals surface area contributed by atoms with Crippen molar-refractivity contribution in [1.29, 1.82) is 0 Å². The highest BCUT2D eigenvalue weighted by Crippen LogP contribution is 2.30. The van der Waals surface area contributed by atoms with Crippen LogP contribution in [0.3, 0.4) is 0 Å². The van der Waals surface area contributed by atoms with E-state index in [1.165, 1.54) is 31.6 Å². The largest absolute Gasteiger partial charge is 0.301 e. The summed E-state index contributed by atoms with van der Waals surface area (Å²) in [5.74, 6) is 0. The quantitative estimate of drug-likeness (QED) is 0.814. The van der Waals surface area contributed by atoms with Gasteiger partial charge in [-0.15, -0.1) is 0 Å². The van der Waals surface area contributed by atoms with E-state index in [1.807, 2.05) is 0 Å². The molecule has 108 valence electrons. The molecule has 0 aromatic carbocycles. The average molecular weight is 263 g/mol. The van der Waals surface area contributed by atoms with Crippen LogP contribution in [-0.2, 0) is 5.41 Å². The molecule has 1 aliphatic rings. The molecule has 3 nitrogen and oxygen atoms in total. The summed E-state index contributed by atoms with van der Waals surface area (Å²) in [5, 5.41) is 4.77. The van der Waals surface area contributed by atoms with Gasteiger partial charge in [-0.2, -0.15) is 5.10 Å². The van der Waals surface area contributed by atoms with E-state index in [1.54, 1.807) is 0 Å². The van der Waals surface area contributed by atoms with Crippen molar-refractivity contribution < 1.29 is 0 Å². The van der Waals surface area contributed by atoms with Gasteiger partial charge in [0.15, 0.2) is 0 Å². The summed E-state index contributed by atoms with van der Waals surface area (Å²) in [6.45, 7) is 15.9. The number of aromatic nitrogens is 2. The minimum Gasteiger partial charge on any atom is -0.301 e. The van der Waals surface area contributed by atoms with Crippen LogP contribution in [-0.4, -0.2) is 33.8 Å². The first-order valence-electron chi connectivity index (χ1n) is 7.59. The van der Waals surface area contributed by atoms with Gasteiger partial charge in [0.2, 0.25) is 0 Å². The van der Waals surface area contributed by atoms with Crippen LogP contribution >= 0.6 is 0 Å². The van der Waals surface area contributed by atoms with E-state index in [0.717, 1.165) is 5.69 Å². The van der Waals surface area contributed by atoms with Crippen LogP contribution in [0.4, 0.5) is 0 Å². The Bertz CT molecular complexity index is 418. The average Bonchev–Trinajstić information content (AvgIpc) is 2.71. The number of piperidine rings is 1. The first-order valence-corrected chi connectivity index (χ1v) is 7.59. The zero-order chi connectivity index (χ0) is 14.2. The maximum absolute atomic E-state index is 4.77. The molecule has 1 aromatic heterocycles. The van der Waals surface area contributed by atoms with Gasteiger partial charge in [-0.3, -0.25) is 4.68 Å². The lowest BCUT2D eigenvalue weighted by molar-refractivity contribution is 0.144. The zero-order valence-electron chi connectivity index (χ0n) is 13.4. The van der Waals surface area contributed by atoms with E-state index < -0.39 is 0 Å². The summed E-state index contributed by atoms with van der Waals surface area (Å²) < 4.78 is 2.31. The van der Waals surface area contributed by atoms with Gasteiger partial charge in [0, 0.05) is 30.2 Å². The summed E-state index contributed by atoms with van der Waals surface area (Å²) in [6.07, 6.45) is 2.45. The molecular weight excluding hydrogens is 234 g/mol. The molecule has 2 rings (SSSR count). The monoisotopic (exact) mass is 263 g/mol. The van der Waals surface area contributed by atoms with Crippen LogP contribution in [0.25, 0.3) is 0 Å². The normalized spacial score (nSPS) is 19.3. The third-order valence-electron chi connectivity index (χ3n) is 4.20. The van der Waals surface area contributed by atoms with Crippen molar-refractivity contribution >= 4 is 0 Å². The summed E-state index contributed by atoms with van der Waals surface area (Å²) in [5.41, 5.74) is 2.71. The molecule has 0 saturated carbocycles. The Labute approximate surface area is 118 Å². The fourth-order valence-electron chi connectivity index (χ4n) is 3.00. The van der Waals surface area contributed by atoms with Crippen molar-refractivity contribution in [1.82, 2.24) is 14.7 Å². The Kier molecular flexibility index (Phi) is 4.05. The highest BCUT2D eigenvalue weighted by Gasteiger charge is 2.27. The molecule has 0 N–H and O–H groups in total. The van der Waals surface area contributed by atoms with Gasteiger partial charge >= 0.3 is 0 Å². The Morgan fingerprint density at radius 3 is 2.26 bits per heavy atom. The maximum atomic E-state index is 4.77. The van der Waals surface area contributed by atoms with Crippen LogP contribution in [0, 0.1) is 6.92 Å². The molecule has 0 spiro atoms. The number of hydrogen-bond acceptors (Lipinski definition) is 2. The molecule has 1 aliphatic heterocycles. The van der Waals surface area contributed by atoms with Gasteiger partial charge < -0.3 is 4.90 Å². The minimum absolute atomic E-state index is 0.177. The van der Waals surface area contributed by atoms with Crippen LogP contribution in [0.5, 0.6) is 0 Å². The topological polar surface area (TPSA) is 21.1 Å². The van der Waals surface area contributed by atoms with Crippen LogP contribution in [0.15, 0.2) is 6.07 Å². The Morgan fingerprint density at radius 1 is 1.21 bits per heavy atom. The summed E-state index contributed by atoms with van der Waals surface area (Å²) in [7, 11) is 0. The molecule has 1 fully saturated rings. The van der Waals surface area contributed by atoms with Gasteiger partial charge in [-0.1, -0.05) is 20.8 Å². The van der Waals surface area contributed by atoms with E-state index in [0.29, 0.717) is 12.1 Å². The van der Waals surface area contributed by atoms with E-state index in [-0.39, 0.29) is 5.41 Å². The zero-order valence-corrected chi connectivity index (χ0v) is 13.4. The maximum Gasteiger partial charge on any atom is 0.0596 e. The molecule has 1 aromatic rings. The molecule has 19 heavy (non-hydrogen) atoms. The first kappa shape index (κ1) is 14.6. The molecule has 3 heteroatoms. The molecular formula is C16H29N3. The molecule has 0 amide bonds. The van der Waals surface area contributed by atoms with Crippen LogP contribution < -0.4 is 0 Å². The Balaban J connectivity index is 2.16. The molecule has 1 saturated heterocycles. The van der Waals surface area contributed by atoms with Crippen molar-refractivity contribution in [2.24, 2.45) is 0 Å². The number of hydrogen-bond donors (Lipinski definition) is 0. The van der Waals surface area contributed by atoms with Crippen LogP contribution in [0.1, 0.15) is 64.9 Å². The van der Waals surface area contributed by atoms with Crippen molar-refractivity contribution in [2.45, 2.75) is 71.9 Å². The lowest BCUT2D eigenvalue weighted by Crippen LogP contribution is -2.40. The fraction of sp³-hybridized carbons (Fsp3) is 0.812. The number of likely N-dealkylation sites (tertiary alicyclic amines) is 1. The van der Waals surface area contributed by atoms with Gasteiger partial charge in [0.25, 0.3) is 0 Å². The summed E-state index contributed by atoms with van der Waals surface area (Å²) in [6, 6.07) is 3.51. The third-order valence-corrected chi connectivity index (χ3v) is 4.20. The molecule has 2 heterocycles. The number of aryl methyl sites for hydroxylation is 1.